The molecule has 0 aliphatic carbocycles. The monoisotopic (exact) mass is 297 g/mol. The van der Waals surface area contributed by atoms with E-state index in [4.69, 9.17) is 28.9 Å². The molecule has 0 spiro atoms. The van der Waals surface area contributed by atoms with Crippen molar-refractivity contribution in [3.8, 4) is 0 Å². The summed E-state index contributed by atoms with van der Waals surface area (Å²) in [5.74, 6) is 0. The highest BCUT2D eigenvalue weighted by Gasteiger charge is 2.09. The molecule has 0 aliphatic heterocycles. The average molecular weight is 298 g/mol. The third-order valence-corrected chi connectivity index (χ3v) is 4.64. The molecular weight excluding hydrogens is 285 g/mol. The van der Waals surface area contributed by atoms with E-state index in [1.54, 1.807) is 17.8 Å². The molecule has 2 aromatic rings. The third kappa shape index (κ3) is 3.01. The molecule has 0 unspecified atom stereocenters. The number of hydrogen-bond donors (Lipinski definition) is 1. The van der Waals surface area contributed by atoms with Crippen molar-refractivity contribution in [1.82, 2.24) is 0 Å². The van der Waals surface area contributed by atoms with E-state index in [2.05, 4.69) is 13.0 Å². The van der Waals surface area contributed by atoms with Crippen LogP contribution >= 0.6 is 35.0 Å². The highest BCUT2D eigenvalue weighted by molar-refractivity contribution is 7.99. The van der Waals surface area contributed by atoms with E-state index in [9.17, 15) is 0 Å². The van der Waals surface area contributed by atoms with Crippen LogP contribution in [0.3, 0.4) is 0 Å². The number of hydrogen-bond acceptors (Lipinski definition) is 2. The van der Waals surface area contributed by atoms with Crippen LogP contribution in [-0.4, -0.2) is 0 Å². The van der Waals surface area contributed by atoms with Crippen LogP contribution in [0.25, 0.3) is 0 Å². The van der Waals surface area contributed by atoms with Crippen molar-refractivity contribution in [2.45, 2.75) is 23.3 Å². The summed E-state index contributed by atoms with van der Waals surface area (Å²) in [5.41, 5.74) is 8.08. The van der Waals surface area contributed by atoms with E-state index in [1.807, 2.05) is 24.3 Å². The largest absolute Gasteiger partial charge is 0.326 e. The molecule has 0 saturated carbocycles. The first-order chi connectivity index (χ1) is 8.61. The van der Waals surface area contributed by atoms with Crippen molar-refractivity contribution >= 4 is 35.0 Å². The molecule has 0 bridgehead atoms. The van der Waals surface area contributed by atoms with Gasteiger partial charge in [-0.05, 0) is 36.2 Å². The Morgan fingerprint density at radius 2 is 1.94 bits per heavy atom. The normalized spacial score (nSPS) is 10.7. The van der Waals surface area contributed by atoms with Crippen molar-refractivity contribution in [2.75, 3.05) is 0 Å². The van der Waals surface area contributed by atoms with Gasteiger partial charge in [0.1, 0.15) is 0 Å². The maximum atomic E-state index is 6.18. The summed E-state index contributed by atoms with van der Waals surface area (Å²) in [7, 11) is 0. The fourth-order valence-corrected chi connectivity index (χ4v) is 3.24. The smallest absolute Gasteiger partial charge is 0.0546 e. The molecule has 0 fully saturated rings. The molecule has 0 saturated heterocycles. The van der Waals surface area contributed by atoms with E-state index >= 15 is 0 Å². The number of benzene rings is 2. The van der Waals surface area contributed by atoms with Crippen LogP contribution in [0.1, 0.15) is 11.1 Å². The Morgan fingerprint density at radius 3 is 2.67 bits per heavy atom. The van der Waals surface area contributed by atoms with Crippen LogP contribution in [0.5, 0.6) is 0 Å². The first kappa shape index (κ1) is 13.8. The van der Waals surface area contributed by atoms with Gasteiger partial charge < -0.3 is 5.73 Å². The van der Waals surface area contributed by atoms with E-state index in [0.717, 1.165) is 15.4 Å². The van der Waals surface area contributed by atoms with Crippen LogP contribution in [0.4, 0.5) is 0 Å². The van der Waals surface area contributed by atoms with Crippen molar-refractivity contribution in [3.63, 3.8) is 0 Å². The van der Waals surface area contributed by atoms with Gasteiger partial charge in [-0.15, -0.1) is 0 Å². The Labute approximate surface area is 121 Å². The number of halogens is 2. The summed E-state index contributed by atoms with van der Waals surface area (Å²) in [6.07, 6.45) is 0. The third-order valence-electron chi connectivity index (χ3n) is 2.62. The highest BCUT2D eigenvalue weighted by atomic mass is 35.5. The lowest BCUT2D eigenvalue weighted by Gasteiger charge is -2.12. The molecule has 1 nitrogen and oxygen atoms in total. The standard InChI is InChI=1S/C14H13Cl2NS/c1-9-3-2-4-10(8-17)14(9)18-13-7-11(15)5-6-12(13)16/h2-7H,8,17H2,1H3. The lowest BCUT2D eigenvalue weighted by atomic mass is 10.1. The lowest BCUT2D eigenvalue weighted by Crippen LogP contribution is -1.99. The second-order valence-corrected chi connectivity index (χ2v) is 5.84. The Morgan fingerprint density at radius 1 is 1.17 bits per heavy atom. The molecule has 0 atom stereocenters. The summed E-state index contributed by atoms with van der Waals surface area (Å²) in [5, 5.41) is 1.39. The van der Waals surface area contributed by atoms with E-state index in [-0.39, 0.29) is 0 Å². The minimum Gasteiger partial charge on any atom is -0.326 e. The fraction of sp³-hybridized carbons (Fsp3) is 0.143. The van der Waals surface area contributed by atoms with Gasteiger partial charge in [0, 0.05) is 21.4 Å². The topological polar surface area (TPSA) is 26.0 Å². The molecule has 0 amide bonds. The highest BCUT2D eigenvalue weighted by Crippen LogP contribution is 2.38. The Bertz CT molecular complexity index is 570. The molecular formula is C14H13Cl2NS. The zero-order valence-corrected chi connectivity index (χ0v) is 12.2. The van der Waals surface area contributed by atoms with Crippen LogP contribution in [0.2, 0.25) is 10.0 Å². The summed E-state index contributed by atoms with van der Waals surface area (Å²) in [4.78, 5) is 2.11. The molecule has 2 aromatic carbocycles. The van der Waals surface area contributed by atoms with Crippen LogP contribution in [0, 0.1) is 6.92 Å². The maximum Gasteiger partial charge on any atom is 0.0546 e. The van der Waals surface area contributed by atoms with Crippen LogP contribution in [0.15, 0.2) is 46.2 Å². The molecule has 0 heterocycles. The van der Waals surface area contributed by atoms with Gasteiger partial charge in [-0.1, -0.05) is 53.2 Å². The zero-order chi connectivity index (χ0) is 13.1. The summed E-state index contributed by atoms with van der Waals surface area (Å²) >= 11 is 13.8. The molecule has 2 N–H and O–H groups in total. The van der Waals surface area contributed by atoms with Crippen molar-refractivity contribution in [1.29, 1.82) is 0 Å². The first-order valence-corrected chi connectivity index (χ1v) is 7.10. The quantitative estimate of drug-likeness (QED) is 0.871. The minimum atomic E-state index is 0.516. The molecule has 94 valence electrons. The van der Waals surface area contributed by atoms with Gasteiger partial charge in [0.15, 0.2) is 0 Å². The fourth-order valence-electron chi connectivity index (χ4n) is 1.69. The molecule has 4 heteroatoms. The average Bonchev–Trinajstić information content (AvgIpc) is 2.36. The van der Waals surface area contributed by atoms with Crippen LogP contribution < -0.4 is 5.73 Å². The van der Waals surface area contributed by atoms with Crippen molar-refractivity contribution in [3.05, 3.63) is 57.6 Å². The van der Waals surface area contributed by atoms with Gasteiger partial charge in [0.2, 0.25) is 0 Å². The number of nitrogens with two attached hydrogens (primary N) is 1. The van der Waals surface area contributed by atoms with Gasteiger partial charge in [0.25, 0.3) is 0 Å². The Kier molecular flexibility index (Phi) is 4.57. The lowest BCUT2D eigenvalue weighted by molar-refractivity contribution is 1.01. The van der Waals surface area contributed by atoms with E-state index in [1.165, 1.54) is 5.56 Å². The molecule has 0 radical (unpaired) electrons. The minimum absolute atomic E-state index is 0.516. The molecule has 2 rings (SSSR count). The van der Waals surface area contributed by atoms with E-state index in [0.29, 0.717) is 16.6 Å². The van der Waals surface area contributed by atoms with Gasteiger partial charge >= 0.3 is 0 Å². The van der Waals surface area contributed by atoms with Gasteiger partial charge in [0.05, 0.1) is 5.02 Å². The Balaban J connectivity index is 2.42. The predicted molar refractivity (Wildman–Crippen MR) is 79.7 cm³/mol. The van der Waals surface area contributed by atoms with Gasteiger partial charge in [-0.25, -0.2) is 0 Å². The van der Waals surface area contributed by atoms with Gasteiger partial charge in [-0.3, -0.25) is 0 Å². The van der Waals surface area contributed by atoms with Gasteiger partial charge in [-0.2, -0.15) is 0 Å². The first-order valence-electron chi connectivity index (χ1n) is 5.53. The molecule has 18 heavy (non-hydrogen) atoms. The predicted octanol–water partition coefficient (Wildman–Crippen LogP) is 4.91. The van der Waals surface area contributed by atoms with Crippen LogP contribution in [-0.2, 0) is 6.54 Å². The molecule has 0 aliphatic rings. The summed E-state index contributed by atoms with van der Waals surface area (Å²) in [6, 6.07) is 11.6. The zero-order valence-electron chi connectivity index (χ0n) is 9.91. The Hall–Kier alpha value is -0.670. The summed E-state index contributed by atoms with van der Waals surface area (Å²) < 4.78 is 0. The number of rotatable bonds is 3. The van der Waals surface area contributed by atoms with E-state index < -0.39 is 0 Å². The van der Waals surface area contributed by atoms with Crippen molar-refractivity contribution in [2.24, 2.45) is 5.73 Å². The second-order valence-electron chi connectivity index (χ2n) is 3.94. The SMILES string of the molecule is Cc1cccc(CN)c1Sc1cc(Cl)ccc1Cl. The maximum absolute atomic E-state index is 6.18. The summed E-state index contributed by atoms with van der Waals surface area (Å²) in [6.45, 7) is 2.59. The second kappa shape index (κ2) is 5.98. The number of aryl methyl sites for hydroxylation is 1. The van der Waals surface area contributed by atoms with Crippen molar-refractivity contribution < 1.29 is 0 Å². The molecule has 0 aromatic heterocycles.